The Bertz CT molecular complexity index is 266. The molecule has 5 heteroatoms. The quantitative estimate of drug-likeness (QED) is 0.700. The fourth-order valence-electron chi connectivity index (χ4n) is 2.93. The molecule has 2 rings (SSSR count). The molecule has 5 nitrogen and oxygen atoms in total. The largest absolute Gasteiger partial charge is 0.480 e. The lowest BCUT2D eigenvalue weighted by atomic mass is 10.2. The number of nitrogens with one attached hydrogen (secondary N) is 1. The highest BCUT2D eigenvalue weighted by molar-refractivity contribution is 5.73. The van der Waals surface area contributed by atoms with Gasteiger partial charge in [0.25, 0.3) is 0 Å². The second-order valence-corrected chi connectivity index (χ2v) is 5.12. The summed E-state index contributed by atoms with van der Waals surface area (Å²) in [6.45, 7) is 5.15. The van der Waals surface area contributed by atoms with Gasteiger partial charge in [0.2, 0.25) is 0 Å². The fourth-order valence-corrected chi connectivity index (χ4v) is 2.93. The van der Waals surface area contributed by atoms with Crippen LogP contribution in [0.2, 0.25) is 0 Å². The number of rotatable bonds is 5. The molecule has 0 saturated carbocycles. The van der Waals surface area contributed by atoms with Gasteiger partial charge in [0.05, 0.1) is 0 Å². The normalized spacial score (nSPS) is 28.6. The van der Waals surface area contributed by atoms with Gasteiger partial charge in [-0.15, -0.1) is 0 Å². The summed E-state index contributed by atoms with van der Waals surface area (Å²) in [4.78, 5) is 15.8. The molecule has 0 bridgehead atoms. The van der Waals surface area contributed by atoms with Crippen molar-refractivity contribution in [2.45, 2.75) is 31.3 Å². The van der Waals surface area contributed by atoms with Crippen molar-refractivity contribution in [2.24, 2.45) is 0 Å². The molecule has 17 heavy (non-hydrogen) atoms. The van der Waals surface area contributed by atoms with Crippen molar-refractivity contribution in [3.8, 4) is 0 Å². The predicted molar refractivity (Wildman–Crippen MR) is 66.1 cm³/mol. The van der Waals surface area contributed by atoms with Crippen LogP contribution in [0.5, 0.6) is 0 Å². The fraction of sp³-hybridized carbons (Fsp3) is 0.917. The van der Waals surface area contributed by atoms with Crippen molar-refractivity contribution < 1.29 is 9.90 Å². The highest BCUT2D eigenvalue weighted by Gasteiger charge is 2.31. The van der Waals surface area contributed by atoms with E-state index >= 15 is 0 Å². The molecule has 2 aliphatic heterocycles. The van der Waals surface area contributed by atoms with Crippen molar-refractivity contribution in [3.63, 3.8) is 0 Å². The lowest BCUT2D eigenvalue weighted by Gasteiger charge is -2.24. The molecule has 2 unspecified atom stereocenters. The number of carboxylic acids is 1. The van der Waals surface area contributed by atoms with E-state index in [9.17, 15) is 4.79 Å². The summed E-state index contributed by atoms with van der Waals surface area (Å²) in [6.07, 6.45) is 3.84. The monoisotopic (exact) mass is 241 g/mol. The average molecular weight is 241 g/mol. The first-order chi connectivity index (χ1) is 8.20. The van der Waals surface area contributed by atoms with Crippen molar-refractivity contribution >= 4 is 5.97 Å². The molecule has 0 aliphatic carbocycles. The van der Waals surface area contributed by atoms with Crippen molar-refractivity contribution in [3.05, 3.63) is 0 Å². The van der Waals surface area contributed by atoms with Crippen LogP contribution in [0.25, 0.3) is 0 Å². The molecule has 2 aliphatic rings. The number of hydrogen-bond acceptors (Lipinski definition) is 4. The number of likely N-dealkylation sites (tertiary alicyclic amines) is 2. The van der Waals surface area contributed by atoms with Gasteiger partial charge in [-0.05, 0) is 45.9 Å². The van der Waals surface area contributed by atoms with Crippen LogP contribution < -0.4 is 5.32 Å². The highest BCUT2D eigenvalue weighted by Crippen LogP contribution is 2.20. The minimum Gasteiger partial charge on any atom is -0.480 e. The van der Waals surface area contributed by atoms with Crippen molar-refractivity contribution in [1.82, 2.24) is 15.1 Å². The summed E-state index contributed by atoms with van der Waals surface area (Å²) in [7, 11) is 1.72. The van der Waals surface area contributed by atoms with Crippen molar-refractivity contribution in [1.29, 1.82) is 0 Å². The zero-order chi connectivity index (χ0) is 12.3. The Morgan fingerprint density at radius 1 is 1.41 bits per heavy atom. The molecule has 2 heterocycles. The van der Waals surface area contributed by atoms with Crippen LogP contribution in [0.4, 0.5) is 0 Å². The average Bonchev–Trinajstić information content (AvgIpc) is 2.95. The number of nitrogens with zero attached hydrogens (tertiary/aromatic N) is 2. The minimum atomic E-state index is -0.753. The van der Waals surface area contributed by atoms with Crippen LogP contribution in [0, 0.1) is 0 Å². The molecule has 0 aromatic carbocycles. The smallest absolute Gasteiger partial charge is 0.322 e. The molecule has 0 aromatic heterocycles. The third kappa shape index (κ3) is 3.18. The third-order valence-corrected chi connectivity index (χ3v) is 3.99. The van der Waals surface area contributed by atoms with Crippen molar-refractivity contribution in [2.75, 3.05) is 39.8 Å². The van der Waals surface area contributed by atoms with Gasteiger partial charge >= 0.3 is 5.97 Å². The molecular weight excluding hydrogens is 218 g/mol. The second kappa shape index (κ2) is 5.80. The number of likely N-dealkylation sites (N-methyl/N-ethyl adjacent to an activating group) is 1. The van der Waals surface area contributed by atoms with Gasteiger partial charge in [0.1, 0.15) is 6.04 Å². The Kier molecular flexibility index (Phi) is 4.36. The van der Waals surface area contributed by atoms with Crippen LogP contribution >= 0.6 is 0 Å². The molecule has 0 spiro atoms. The third-order valence-electron chi connectivity index (χ3n) is 3.99. The van der Waals surface area contributed by atoms with Gasteiger partial charge < -0.3 is 10.4 Å². The Balaban J connectivity index is 1.78. The summed E-state index contributed by atoms with van der Waals surface area (Å²) in [5.74, 6) is -0.753. The Labute approximate surface area is 103 Å². The molecule has 98 valence electrons. The van der Waals surface area contributed by atoms with E-state index in [-0.39, 0.29) is 0 Å². The first kappa shape index (κ1) is 12.8. The van der Waals surface area contributed by atoms with Gasteiger partial charge in [-0.1, -0.05) is 0 Å². The number of hydrogen-bond donors (Lipinski definition) is 2. The maximum absolute atomic E-state index is 11.0. The zero-order valence-electron chi connectivity index (χ0n) is 10.6. The van der Waals surface area contributed by atoms with E-state index in [1.165, 1.54) is 32.4 Å². The number of carbonyl (C=O) groups is 1. The lowest BCUT2D eigenvalue weighted by Crippen LogP contribution is -2.45. The van der Waals surface area contributed by atoms with E-state index in [4.69, 9.17) is 5.11 Å². The molecule has 0 aromatic rings. The first-order valence-corrected chi connectivity index (χ1v) is 6.57. The van der Waals surface area contributed by atoms with Gasteiger partial charge in [0, 0.05) is 19.1 Å². The highest BCUT2D eigenvalue weighted by atomic mass is 16.4. The molecule has 2 atom stereocenters. The molecule has 2 saturated heterocycles. The topological polar surface area (TPSA) is 55.8 Å². The number of aliphatic carboxylic acids is 1. The van der Waals surface area contributed by atoms with E-state index in [1.54, 1.807) is 7.05 Å². The summed E-state index contributed by atoms with van der Waals surface area (Å²) < 4.78 is 0. The molecule has 2 fully saturated rings. The summed E-state index contributed by atoms with van der Waals surface area (Å²) in [5, 5.41) is 11.9. The zero-order valence-corrected chi connectivity index (χ0v) is 10.6. The number of carboxylic acid groups (broad SMARTS) is 1. The standard InChI is InChI=1S/C12H23N3O2/c1-13-11(12(16)17)9-14-7-4-10(8-14)15-5-2-3-6-15/h10-11,13H,2-9H2,1H3,(H,16,17). The van der Waals surface area contributed by atoms with Crippen LogP contribution in [0.15, 0.2) is 0 Å². The molecule has 0 radical (unpaired) electrons. The van der Waals surface area contributed by atoms with Crippen LogP contribution in [-0.4, -0.2) is 72.7 Å². The Morgan fingerprint density at radius 3 is 2.71 bits per heavy atom. The molecule has 0 amide bonds. The van der Waals surface area contributed by atoms with Gasteiger partial charge in [-0.25, -0.2) is 0 Å². The molecule has 2 N–H and O–H groups in total. The van der Waals surface area contributed by atoms with Crippen LogP contribution in [-0.2, 0) is 4.79 Å². The SMILES string of the molecule is CNC(CN1CCC(N2CCCC2)C1)C(=O)O. The van der Waals surface area contributed by atoms with E-state index in [0.29, 0.717) is 12.6 Å². The van der Waals surface area contributed by atoms with Gasteiger partial charge in [0.15, 0.2) is 0 Å². The van der Waals surface area contributed by atoms with E-state index in [2.05, 4.69) is 15.1 Å². The summed E-state index contributed by atoms with van der Waals surface area (Å²) >= 11 is 0. The first-order valence-electron chi connectivity index (χ1n) is 6.57. The maximum atomic E-state index is 11.0. The Hall–Kier alpha value is -0.650. The maximum Gasteiger partial charge on any atom is 0.322 e. The second-order valence-electron chi connectivity index (χ2n) is 5.12. The minimum absolute atomic E-state index is 0.438. The van der Waals surface area contributed by atoms with Gasteiger partial charge in [-0.3, -0.25) is 14.6 Å². The van der Waals surface area contributed by atoms with Crippen LogP contribution in [0.3, 0.4) is 0 Å². The van der Waals surface area contributed by atoms with Gasteiger partial charge in [-0.2, -0.15) is 0 Å². The Morgan fingerprint density at radius 2 is 2.12 bits per heavy atom. The lowest BCUT2D eigenvalue weighted by molar-refractivity contribution is -0.139. The van der Waals surface area contributed by atoms with E-state index in [0.717, 1.165) is 13.1 Å². The van der Waals surface area contributed by atoms with E-state index < -0.39 is 12.0 Å². The van der Waals surface area contributed by atoms with E-state index in [1.807, 2.05) is 0 Å². The molecular formula is C12H23N3O2. The summed E-state index contributed by atoms with van der Waals surface area (Å²) in [5.41, 5.74) is 0. The predicted octanol–water partition coefficient (Wildman–Crippen LogP) is -0.171. The van der Waals surface area contributed by atoms with Crippen LogP contribution in [0.1, 0.15) is 19.3 Å². The summed E-state index contributed by atoms with van der Waals surface area (Å²) in [6, 6.07) is 0.219.